The van der Waals surface area contributed by atoms with Gasteiger partial charge in [0, 0.05) is 43.4 Å². The van der Waals surface area contributed by atoms with E-state index in [0.29, 0.717) is 0 Å². The lowest BCUT2D eigenvalue weighted by Crippen LogP contribution is -1.84. The molecule has 0 bridgehead atoms. The second-order valence-electron chi connectivity index (χ2n) is 3.78. The molecular weight excluding hydrogens is 488 g/mol. The quantitative estimate of drug-likeness (QED) is 0.213. The highest BCUT2D eigenvalue weighted by Gasteiger charge is 1.75. The molecule has 0 unspecified atom stereocenters. The van der Waals surface area contributed by atoms with Crippen molar-refractivity contribution in [3.63, 3.8) is 0 Å². The van der Waals surface area contributed by atoms with E-state index in [2.05, 4.69) is 50.1 Å². The molecule has 4 rings (SSSR count). The summed E-state index contributed by atoms with van der Waals surface area (Å²) in [6, 6.07) is 1.78. The molecule has 0 spiro atoms. The van der Waals surface area contributed by atoms with Gasteiger partial charge in [0.1, 0.15) is 31.1 Å². The van der Waals surface area contributed by atoms with Crippen LogP contribution in [0.4, 0.5) is 0 Å². The van der Waals surface area contributed by atoms with E-state index >= 15 is 0 Å². The second kappa shape index (κ2) is 76.5. The van der Waals surface area contributed by atoms with Crippen molar-refractivity contribution in [1.29, 1.82) is 0 Å². The number of aromatic nitrogens is 10. The Morgan fingerprint density at radius 2 is 0.692 bits per heavy atom. The van der Waals surface area contributed by atoms with E-state index in [1.165, 1.54) is 31.5 Å². The minimum atomic E-state index is 0.759. The first-order valence-electron chi connectivity index (χ1n) is 13.9. The minimum Gasteiger partial charge on any atom is -0.262 e. The molecule has 0 aliphatic rings. The molecule has 0 fully saturated rings. The number of rotatable bonds is 0. The fraction of sp³-hybridized carbons (Fsp3) is 0.517. The lowest BCUT2D eigenvalue weighted by atomic mass is 10.7. The van der Waals surface area contributed by atoms with Gasteiger partial charge in [-0.1, -0.05) is 96.9 Å². The average Bonchev–Trinajstić information content (AvgIpc) is 3.11. The summed E-state index contributed by atoms with van der Waals surface area (Å²) in [5.41, 5.74) is 0. The van der Waals surface area contributed by atoms with Gasteiger partial charge >= 0.3 is 0 Å². The molecule has 0 radical (unpaired) electrons. The van der Waals surface area contributed by atoms with Gasteiger partial charge in [0.15, 0.2) is 0 Å². The van der Waals surface area contributed by atoms with E-state index in [9.17, 15) is 0 Å². The van der Waals surface area contributed by atoms with E-state index in [-0.39, 0.29) is 0 Å². The van der Waals surface area contributed by atoms with Gasteiger partial charge in [0.2, 0.25) is 0 Å². The van der Waals surface area contributed by atoms with Gasteiger partial charge in [-0.2, -0.15) is 5.10 Å². The number of nitrogens with zero attached hydrogens (tertiary/aromatic N) is 10. The predicted octanol–water partition coefficient (Wildman–Crippen LogP) is 8.19. The molecule has 10 heteroatoms. The summed E-state index contributed by atoms with van der Waals surface area (Å²) in [6.45, 7) is 29.8. The first kappa shape index (κ1) is 51.8. The molecule has 224 valence electrons. The maximum absolute atomic E-state index is 3.76. The highest BCUT2D eigenvalue weighted by atomic mass is 15.1. The predicted molar refractivity (Wildman–Crippen MR) is 168 cm³/mol. The zero-order chi connectivity index (χ0) is 31.8. The summed E-state index contributed by atoms with van der Waals surface area (Å²) >= 11 is 0. The first-order chi connectivity index (χ1) is 19.4. The molecule has 0 N–H and O–H groups in total. The molecule has 4 aromatic rings. The summed E-state index contributed by atoms with van der Waals surface area (Å²) < 4.78 is 0. The van der Waals surface area contributed by atoms with Crippen molar-refractivity contribution in [3.8, 4) is 0 Å². The number of hydrogen-bond donors (Lipinski definition) is 0. The van der Waals surface area contributed by atoms with Crippen LogP contribution in [-0.4, -0.2) is 50.1 Å². The summed E-state index contributed by atoms with van der Waals surface area (Å²) in [6.07, 6.45) is 18.9. The standard InChI is InChI=1S/C4H5N3.2C4H4N2.C3H3N3.7C2H6/c1-4-6-2-5-3-7-4;1-2-6-4-3-5-1;1-2-5-4-6-3-1;1-2-5-6-3-4-1;7*1-2/h2-3H,1H3;2*1-4H;1-3H;7*1-2H3. The van der Waals surface area contributed by atoms with Crippen LogP contribution >= 0.6 is 0 Å². The van der Waals surface area contributed by atoms with Gasteiger partial charge in [-0.3, -0.25) is 9.97 Å². The zero-order valence-electron chi connectivity index (χ0n) is 27.5. The lowest BCUT2D eigenvalue weighted by molar-refractivity contribution is 0.969. The van der Waals surface area contributed by atoms with Gasteiger partial charge in [-0.25, -0.2) is 29.9 Å². The van der Waals surface area contributed by atoms with Gasteiger partial charge < -0.3 is 0 Å². The molecule has 39 heavy (non-hydrogen) atoms. The van der Waals surface area contributed by atoms with Crippen molar-refractivity contribution >= 4 is 0 Å². The average molecular weight is 547 g/mol. The van der Waals surface area contributed by atoms with Crippen molar-refractivity contribution in [2.24, 2.45) is 0 Å². The van der Waals surface area contributed by atoms with Crippen molar-refractivity contribution < 1.29 is 0 Å². The highest BCUT2D eigenvalue weighted by Crippen LogP contribution is 1.74. The van der Waals surface area contributed by atoms with Crippen molar-refractivity contribution in [3.05, 3.63) is 86.8 Å². The van der Waals surface area contributed by atoms with Crippen LogP contribution in [0.2, 0.25) is 0 Å². The van der Waals surface area contributed by atoms with Crippen molar-refractivity contribution in [2.45, 2.75) is 104 Å². The Balaban J connectivity index is -0.0000000610. The maximum atomic E-state index is 3.76. The van der Waals surface area contributed by atoms with Crippen LogP contribution in [0.3, 0.4) is 0 Å². The molecule has 0 aliphatic heterocycles. The van der Waals surface area contributed by atoms with E-state index in [1.54, 1.807) is 49.4 Å². The topological polar surface area (TPSA) is 129 Å². The summed E-state index contributed by atoms with van der Waals surface area (Å²) in [7, 11) is 0. The molecule has 0 aliphatic carbocycles. The monoisotopic (exact) mass is 546 g/mol. The van der Waals surface area contributed by atoms with E-state index in [4.69, 9.17) is 0 Å². The first-order valence-corrected chi connectivity index (χ1v) is 13.9. The zero-order valence-corrected chi connectivity index (χ0v) is 27.5. The molecule has 0 atom stereocenters. The molecule has 4 heterocycles. The Morgan fingerprint density at radius 1 is 0.333 bits per heavy atom. The Bertz CT molecular complexity index is 566. The van der Waals surface area contributed by atoms with Crippen LogP contribution in [0.15, 0.2) is 81.0 Å². The van der Waals surface area contributed by atoms with Crippen molar-refractivity contribution in [1.82, 2.24) is 50.1 Å². The van der Waals surface area contributed by atoms with Crippen LogP contribution in [0, 0.1) is 6.92 Å². The Labute approximate surface area is 240 Å². The molecule has 0 aromatic carbocycles. The van der Waals surface area contributed by atoms with Gasteiger partial charge in [-0.15, -0.1) is 5.10 Å². The van der Waals surface area contributed by atoms with Crippen LogP contribution < -0.4 is 0 Å². The third kappa shape index (κ3) is 71.9. The number of aryl methyl sites for hydroxylation is 1. The minimum absolute atomic E-state index is 0.759. The smallest absolute Gasteiger partial charge is 0.138 e. The SMILES string of the molecule is CC.CC.CC.CC.CC.CC.CC.Cc1ncncn1.c1cnccn1.c1cncnc1.c1cnncn1. The van der Waals surface area contributed by atoms with E-state index in [1.807, 2.05) is 104 Å². The van der Waals surface area contributed by atoms with Crippen LogP contribution in [-0.2, 0) is 0 Å². The largest absolute Gasteiger partial charge is 0.262 e. The van der Waals surface area contributed by atoms with Crippen LogP contribution in [0.5, 0.6) is 0 Å². The highest BCUT2D eigenvalue weighted by molar-refractivity contribution is 4.74. The summed E-state index contributed by atoms with van der Waals surface area (Å²) in [5.74, 6) is 0.759. The van der Waals surface area contributed by atoms with Crippen molar-refractivity contribution in [2.75, 3.05) is 0 Å². The van der Waals surface area contributed by atoms with E-state index in [0.717, 1.165) is 5.82 Å². The summed E-state index contributed by atoms with van der Waals surface area (Å²) in [5, 5.41) is 6.90. The third-order valence-corrected chi connectivity index (χ3v) is 1.98. The maximum Gasteiger partial charge on any atom is 0.138 e. The fourth-order valence-electron chi connectivity index (χ4n) is 1.01. The van der Waals surface area contributed by atoms with Gasteiger partial charge in [0.25, 0.3) is 0 Å². The Kier molecular flexibility index (Phi) is 102. The van der Waals surface area contributed by atoms with Gasteiger partial charge in [0.05, 0.1) is 6.20 Å². The second-order valence-corrected chi connectivity index (χ2v) is 3.78. The lowest BCUT2D eigenvalue weighted by Gasteiger charge is -1.80. The third-order valence-electron chi connectivity index (χ3n) is 1.98. The van der Waals surface area contributed by atoms with Gasteiger partial charge in [-0.05, 0) is 13.0 Å². The fourth-order valence-corrected chi connectivity index (χ4v) is 1.01. The molecule has 0 saturated heterocycles. The number of hydrogen-bond acceptors (Lipinski definition) is 10. The van der Waals surface area contributed by atoms with E-state index < -0.39 is 0 Å². The summed E-state index contributed by atoms with van der Waals surface area (Å²) in [4.78, 5) is 29.5. The van der Waals surface area contributed by atoms with Crippen LogP contribution in [0.25, 0.3) is 0 Å². The normalized spacial score (nSPS) is 6.33. The Morgan fingerprint density at radius 3 is 0.821 bits per heavy atom. The molecular formula is C29H58N10. The molecule has 10 nitrogen and oxygen atoms in total. The molecule has 0 saturated carbocycles. The Hall–Kier alpha value is -3.82. The van der Waals surface area contributed by atoms with Crippen LogP contribution in [0.1, 0.15) is 103 Å². The molecule has 4 aromatic heterocycles. The molecule has 0 amide bonds.